The molecule has 0 aliphatic carbocycles. The first kappa shape index (κ1) is 13.9. The van der Waals surface area contributed by atoms with Crippen LogP contribution in [0.1, 0.15) is 23.0 Å². The second-order valence-electron chi connectivity index (χ2n) is 4.26. The molecule has 1 aromatic heterocycles. The van der Waals surface area contributed by atoms with Crippen LogP contribution < -0.4 is 5.56 Å². The third-order valence-corrected chi connectivity index (χ3v) is 2.83. The maximum atomic E-state index is 13.1. The van der Waals surface area contributed by atoms with E-state index in [1.165, 1.54) is 29.2 Å². The molecule has 5 nitrogen and oxygen atoms in total. The van der Waals surface area contributed by atoms with Gasteiger partial charge in [0, 0.05) is 19.2 Å². The molecule has 0 unspecified atom stereocenters. The van der Waals surface area contributed by atoms with Gasteiger partial charge in [0.05, 0.1) is 0 Å². The Morgan fingerprint density at radius 3 is 2.75 bits per heavy atom. The molecule has 0 aliphatic rings. The van der Waals surface area contributed by atoms with Gasteiger partial charge in [-0.25, -0.2) is 9.49 Å². The molecular formula is C14H14FN3O2. The van der Waals surface area contributed by atoms with Crippen molar-refractivity contribution in [1.82, 2.24) is 15.1 Å². The number of rotatable bonds is 4. The minimum Gasteiger partial charge on any atom is -0.333 e. The number of carbonyl (C=O) groups is 1. The van der Waals surface area contributed by atoms with Crippen molar-refractivity contribution in [2.24, 2.45) is 0 Å². The van der Waals surface area contributed by atoms with Crippen molar-refractivity contribution in [3.63, 3.8) is 0 Å². The lowest BCUT2D eigenvalue weighted by atomic mass is 10.2. The van der Waals surface area contributed by atoms with E-state index in [1.807, 2.05) is 6.92 Å². The third-order valence-electron chi connectivity index (χ3n) is 2.83. The van der Waals surface area contributed by atoms with Gasteiger partial charge in [-0.2, -0.15) is 5.10 Å². The van der Waals surface area contributed by atoms with Crippen LogP contribution in [0.15, 0.2) is 41.2 Å². The number of halogens is 1. The first-order valence-electron chi connectivity index (χ1n) is 6.19. The molecule has 0 saturated carbocycles. The number of amides is 1. The third kappa shape index (κ3) is 3.28. The van der Waals surface area contributed by atoms with Crippen molar-refractivity contribution in [2.75, 3.05) is 6.54 Å². The molecule has 20 heavy (non-hydrogen) atoms. The SMILES string of the molecule is CCN(Cc1cccc(F)c1)C(=O)c1ccc(=O)[nH]n1. The second-order valence-corrected chi connectivity index (χ2v) is 4.26. The molecule has 1 heterocycles. The molecule has 1 N–H and O–H groups in total. The summed E-state index contributed by atoms with van der Waals surface area (Å²) in [5, 5.41) is 5.92. The van der Waals surface area contributed by atoms with E-state index in [0.717, 1.165) is 0 Å². The first-order chi connectivity index (χ1) is 9.60. The van der Waals surface area contributed by atoms with Crippen molar-refractivity contribution in [3.8, 4) is 0 Å². The molecule has 0 fully saturated rings. The Morgan fingerprint density at radius 2 is 2.15 bits per heavy atom. The summed E-state index contributed by atoms with van der Waals surface area (Å²) in [4.78, 5) is 24.7. The summed E-state index contributed by atoms with van der Waals surface area (Å²) in [7, 11) is 0. The lowest BCUT2D eigenvalue weighted by Crippen LogP contribution is -2.31. The lowest BCUT2D eigenvalue weighted by molar-refractivity contribution is 0.0745. The van der Waals surface area contributed by atoms with Gasteiger partial charge in [0.2, 0.25) is 0 Å². The van der Waals surface area contributed by atoms with Crippen molar-refractivity contribution < 1.29 is 9.18 Å². The van der Waals surface area contributed by atoms with E-state index in [0.29, 0.717) is 12.1 Å². The van der Waals surface area contributed by atoms with Gasteiger partial charge in [0.1, 0.15) is 11.5 Å². The van der Waals surface area contributed by atoms with Crippen LogP contribution in [0.2, 0.25) is 0 Å². The van der Waals surface area contributed by atoms with E-state index >= 15 is 0 Å². The van der Waals surface area contributed by atoms with Gasteiger partial charge >= 0.3 is 0 Å². The van der Waals surface area contributed by atoms with Crippen LogP contribution in [-0.2, 0) is 6.54 Å². The Morgan fingerprint density at radius 1 is 1.35 bits per heavy atom. The minimum absolute atomic E-state index is 0.155. The summed E-state index contributed by atoms with van der Waals surface area (Å²) in [5.74, 6) is -0.652. The number of H-pyrrole nitrogens is 1. The van der Waals surface area contributed by atoms with Crippen LogP contribution in [0.25, 0.3) is 0 Å². The van der Waals surface area contributed by atoms with Crippen LogP contribution in [0.4, 0.5) is 4.39 Å². The Kier molecular flexibility index (Phi) is 4.24. The molecule has 0 saturated heterocycles. The summed E-state index contributed by atoms with van der Waals surface area (Å²) in [5.41, 5.74) is 0.488. The fraction of sp³-hybridized carbons (Fsp3) is 0.214. The number of hydrogen-bond donors (Lipinski definition) is 1. The van der Waals surface area contributed by atoms with Crippen LogP contribution in [0, 0.1) is 5.82 Å². The van der Waals surface area contributed by atoms with Gasteiger partial charge in [-0.15, -0.1) is 0 Å². The number of nitrogens with one attached hydrogen (secondary N) is 1. The van der Waals surface area contributed by atoms with Gasteiger partial charge in [-0.05, 0) is 30.7 Å². The molecule has 1 amide bonds. The molecule has 0 aliphatic heterocycles. The van der Waals surface area contributed by atoms with E-state index in [-0.39, 0.29) is 29.5 Å². The van der Waals surface area contributed by atoms with Gasteiger partial charge < -0.3 is 4.90 Å². The molecule has 1 aromatic carbocycles. The molecule has 0 atom stereocenters. The van der Waals surface area contributed by atoms with E-state index in [2.05, 4.69) is 10.2 Å². The number of carbonyl (C=O) groups excluding carboxylic acids is 1. The molecule has 2 aromatic rings. The Balaban J connectivity index is 2.17. The molecular weight excluding hydrogens is 261 g/mol. The highest BCUT2D eigenvalue weighted by molar-refractivity contribution is 5.92. The zero-order valence-electron chi connectivity index (χ0n) is 11.0. The summed E-state index contributed by atoms with van der Waals surface area (Å²) < 4.78 is 13.1. The van der Waals surface area contributed by atoms with Crippen molar-refractivity contribution in [3.05, 3.63) is 63.8 Å². The van der Waals surface area contributed by atoms with Crippen LogP contribution in [0.5, 0.6) is 0 Å². The fourth-order valence-corrected chi connectivity index (χ4v) is 1.81. The van der Waals surface area contributed by atoms with Crippen molar-refractivity contribution in [1.29, 1.82) is 0 Å². The van der Waals surface area contributed by atoms with Gasteiger partial charge in [0.25, 0.3) is 11.5 Å². The number of benzene rings is 1. The van der Waals surface area contributed by atoms with Gasteiger partial charge in [-0.1, -0.05) is 12.1 Å². The Labute approximate surface area is 115 Å². The molecule has 2 rings (SSSR count). The average molecular weight is 275 g/mol. The predicted octanol–water partition coefficient (Wildman–Crippen LogP) is 1.57. The van der Waals surface area contributed by atoms with Gasteiger partial charge in [-0.3, -0.25) is 9.59 Å². The van der Waals surface area contributed by atoms with E-state index in [1.54, 1.807) is 12.1 Å². The normalized spacial score (nSPS) is 10.3. The number of hydrogen-bond acceptors (Lipinski definition) is 3. The zero-order chi connectivity index (χ0) is 14.5. The molecule has 0 spiro atoms. The van der Waals surface area contributed by atoms with Gasteiger partial charge in [0.15, 0.2) is 0 Å². The van der Waals surface area contributed by atoms with Crippen LogP contribution in [0.3, 0.4) is 0 Å². The quantitative estimate of drug-likeness (QED) is 0.921. The Bertz CT molecular complexity index is 649. The summed E-state index contributed by atoms with van der Waals surface area (Å²) in [6.07, 6.45) is 0. The largest absolute Gasteiger partial charge is 0.333 e. The highest BCUT2D eigenvalue weighted by atomic mass is 19.1. The standard InChI is InChI=1S/C14H14FN3O2/c1-2-18(9-10-4-3-5-11(15)8-10)14(20)12-6-7-13(19)17-16-12/h3-8H,2,9H2,1H3,(H,17,19). The minimum atomic E-state index is -0.366. The molecule has 0 radical (unpaired) electrons. The topological polar surface area (TPSA) is 66.1 Å². The van der Waals surface area contributed by atoms with E-state index in [9.17, 15) is 14.0 Å². The zero-order valence-corrected chi connectivity index (χ0v) is 11.0. The first-order valence-corrected chi connectivity index (χ1v) is 6.19. The molecule has 6 heteroatoms. The van der Waals surface area contributed by atoms with Crippen LogP contribution >= 0.6 is 0 Å². The number of nitrogens with zero attached hydrogens (tertiary/aromatic N) is 2. The average Bonchev–Trinajstić information content (AvgIpc) is 2.45. The summed E-state index contributed by atoms with van der Waals surface area (Å²) in [6.45, 7) is 2.56. The lowest BCUT2D eigenvalue weighted by Gasteiger charge is -2.20. The number of aromatic amines is 1. The van der Waals surface area contributed by atoms with Crippen LogP contribution in [-0.4, -0.2) is 27.5 Å². The van der Waals surface area contributed by atoms with E-state index in [4.69, 9.17) is 0 Å². The monoisotopic (exact) mass is 275 g/mol. The highest BCUT2D eigenvalue weighted by Crippen LogP contribution is 2.09. The summed E-state index contributed by atoms with van der Waals surface area (Å²) in [6, 6.07) is 8.70. The fourth-order valence-electron chi connectivity index (χ4n) is 1.81. The molecule has 0 bridgehead atoms. The number of aromatic nitrogens is 2. The maximum Gasteiger partial charge on any atom is 0.274 e. The summed E-state index contributed by atoms with van der Waals surface area (Å²) >= 11 is 0. The second kappa shape index (κ2) is 6.10. The Hall–Kier alpha value is -2.50. The van der Waals surface area contributed by atoms with Crippen molar-refractivity contribution >= 4 is 5.91 Å². The highest BCUT2D eigenvalue weighted by Gasteiger charge is 2.16. The predicted molar refractivity (Wildman–Crippen MR) is 71.7 cm³/mol. The maximum absolute atomic E-state index is 13.1. The van der Waals surface area contributed by atoms with E-state index < -0.39 is 0 Å². The van der Waals surface area contributed by atoms with Crippen molar-refractivity contribution in [2.45, 2.75) is 13.5 Å². The molecule has 104 valence electrons. The smallest absolute Gasteiger partial charge is 0.274 e.